The second kappa shape index (κ2) is 13.5. The van der Waals surface area contributed by atoms with Crippen LogP contribution in [0.5, 0.6) is 5.75 Å². The summed E-state index contributed by atoms with van der Waals surface area (Å²) in [6, 6.07) is 10.3. The Balaban J connectivity index is 0.000000604. The van der Waals surface area contributed by atoms with E-state index in [2.05, 4.69) is 5.32 Å². The summed E-state index contributed by atoms with van der Waals surface area (Å²) in [5.74, 6) is -4.78. The molecule has 2 amide bonds. The molecule has 8 nitrogen and oxygen atoms in total. The monoisotopic (exact) mass is 531 g/mol. The van der Waals surface area contributed by atoms with Crippen LogP contribution in [0, 0.1) is 11.6 Å². The van der Waals surface area contributed by atoms with Gasteiger partial charge >= 0.3 is 12.1 Å². The van der Waals surface area contributed by atoms with E-state index < -0.39 is 29.7 Å². The van der Waals surface area contributed by atoms with Crippen LogP contribution in [-0.2, 0) is 16.1 Å². The molecule has 0 bridgehead atoms. The number of carbonyl (C=O) groups is 3. The van der Waals surface area contributed by atoms with Crippen molar-refractivity contribution in [3.63, 3.8) is 0 Å². The van der Waals surface area contributed by atoms with E-state index >= 15 is 0 Å². The van der Waals surface area contributed by atoms with E-state index in [0.29, 0.717) is 18.8 Å². The molecule has 202 valence electrons. The average molecular weight is 531 g/mol. The molecule has 0 spiro atoms. The van der Waals surface area contributed by atoms with Gasteiger partial charge < -0.3 is 25.0 Å². The van der Waals surface area contributed by atoms with Gasteiger partial charge in [0.2, 0.25) is 5.91 Å². The number of rotatable bonds is 7. The van der Waals surface area contributed by atoms with Gasteiger partial charge in [0, 0.05) is 56.8 Å². The Kier molecular flexibility index (Phi) is 10.8. The van der Waals surface area contributed by atoms with Crippen molar-refractivity contribution in [1.82, 2.24) is 15.1 Å². The standard InChI is InChI=1S/C22H25F2N3O3.C2HF3O2/c1-30-20-5-3-2-4-17(20)15-27(11-8-21(28)26-12-9-25-10-13-26)22(29)16-6-7-18(23)19(24)14-16;3-2(4,5)1(6)7/h2-7,14,25H,8-13,15H2,1H3;(H,6,7). The first-order chi connectivity index (χ1) is 17.4. The number of carbonyl (C=O) groups excluding carboxylic acids is 2. The van der Waals surface area contributed by atoms with E-state index in [-0.39, 0.29) is 31.0 Å². The van der Waals surface area contributed by atoms with Crippen molar-refractivity contribution in [2.75, 3.05) is 39.8 Å². The molecule has 1 aliphatic rings. The van der Waals surface area contributed by atoms with Gasteiger partial charge in [-0.15, -0.1) is 0 Å². The molecule has 2 aromatic carbocycles. The fourth-order valence-corrected chi connectivity index (χ4v) is 3.41. The smallest absolute Gasteiger partial charge is 0.490 e. The highest BCUT2D eigenvalue weighted by Crippen LogP contribution is 2.21. The summed E-state index contributed by atoms with van der Waals surface area (Å²) in [4.78, 5) is 37.7. The van der Waals surface area contributed by atoms with E-state index in [1.54, 1.807) is 11.0 Å². The Hall–Kier alpha value is -3.74. The van der Waals surface area contributed by atoms with Gasteiger partial charge in [0.15, 0.2) is 11.6 Å². The van der Waals surface area contributed by atoms with Crippen molar-refractivity contribution in [1.29, 1.82) is 0 Å². The number of hydrogen-bond donors (Lipinski definition) is 2. The number of para-hydroxylation sites is 1. The van der Waals surface area contributed by atoms with E-state index in [9.17, 15) is 31.5 Å². The highest BCUT2D eigenvalue weighted by molar-refractivity contribution is 5.94. The Morgan fingerprint density at radius 3 is 2.24 bits per heavy atom. The Bertz CT molecular complexity index is 1090. The van der Waals surface area contributed by atoms with Gasteiger partial charge in [-0.25, -0.2) is 13.6 Å². The number of halogens is 5. The quantitative estimate of drug-likeness (QED) is 0.533. The van der Waals surface area contributed by atoms with Crippen LogP contribution in [0.1, 0.15) is 22.3 Å². The van der Waals surface area contributed by atoms with E-state index in [0.717, 1.165) is 30.8 Å². The van der Waals surface area contributed by atoms with Crippen LogP contribution < -0.4 is 10.1 Å². The molecule has 0 aromatic heterocycles. The number of hydrogen-bond acceptors (Lipinski definition) is 5. The molecule has 2 aromatic rings. The highest BCUT2D eigenvalue weighted by Gasteiger charge is 2.38. The maximum absolute atomic E-state index is 13.7. The molecule has 13 heteroatoms. The van der Waals surface area contributed by atoms with Crippen molar-refractivity contribution in [3.05, 3.63) is 65.2 Å². The van der Waals surface area contributed by atoms with Gasteiger partial charge in [-0.3, -0.25) is 9.59 Å². The summed E-state index contributed by atoms with van der Waals surface area (Å²) in [6.45, 7) is 3.06. The zero-order valence-electron chi connectivity index (χ0n) is 19.9. The number of piperazine rings is 1. The molecule has 2 N–H and O–H groups in total. The molecule has 0 unspecified atom stereocenters. The van der Waals surface area contributed by atoms with Gasteiger partial charge in [-0.1, -0.05) is 18.2 Å². The molecule has 1 heterocycles. The summed E-state index contributed by atoms with van der Waals surface area (Å²) in [7, 11) is 1.54. The molecule has 3 rings (SSSR count). The van der Waals surface area contributed by atoms with Crippen molar-refractivity contribution < 1.29 is 46.2 Å². The van der Waals surface area contributed by atoms with Gasteiger partial charge in [0.1, 0.15) is 5.75 Å². The summed E-state index contributed by atoms with van der Waals surface area (Å²) >= 11 is 0. The average Bonchev–Trinajstić information content (AvgIpc) is 2.88. The molecular formula is C24H26F5N3O5. The maximum Gasteiger partial charge on any atom is 0.490 e. The third-order valence-corrected chi connectivity index (χ3v) is 5.32. The summed E-state index contributed by atoms with van der Waals surface area (Å²) in [5, 5.41) is 10.3. The number of alkyl halides is 3. The normalized spacial score (nSPS) is 13.3. The lowest BCUT2D eigenvalue weighted by Crippen LogP contribution is -2.47. The number of ether oxygens (including phenoxy) is 1. The third-order valence-electron chi connectivity index (χ3n) is 5.32. The Morgan fingerprint density at radius 2 is 1.68 bits per heavy atom. The number of benzene rings is 2. The molecule has 0 radical (unpaired) electrons. The van der Waals surface area contributed by atoms with Gasteiger partial charge in [0.05, 0.1) is 7.11 Å². The Labute approximate surface area is 209 Å². The SMILES string of the molecule is COc1ccccc1CN(CCC(=O)N1CCNCC1)C(=O)c1ccc(F)c(F)c1.O=C(O)C(F)(F)F. The number of nitrogens with zero attached hydrogens (tertiary/aromatic N) is 2. The van der Waals surface area contributed by atoms with Crippen LogP contribution in [0.3, 0.4) is 0 Å². The number of nitrogens with one attached hydrogen (secondary N) is 1. The largest absolute Gasteiger partial charge is 0.496 e. The lowest BCUT2D eigenvalue weighted by atomic mass is 10.1. The zero-order valence-corrected chi connectivity index (χ0v) is 19.9. The predicted octanol–water partition coefficient (Wildman–Crippen LogP) is 3.07. The van der Waals surface area contributed by atoms with Crippen LogP contribution in [0.25, 0.3) is 0 Å². The molecular weight excluding hydrogens is 505 g/mol. The lowest BCUT2D eigenvalue weighted by Gasteiger charge is -2.29. The van der Waals surface area contributed by atoms with Gasteiger partial charge in [-0.05, 0) is 24.3 Å². The minimum absolute atomic E-state index is 0.0263. The van der Waals surface area contributed by atoms with Gasteiger partial charge in [0.25, 0.3) is 5.91 Å². The van der Waals surface area contributed by atoms with Crippen molar-refractivity contribution in [3.8, 4) is 5.75 Å². The number of carboxylic acids is 1. The second-order valence-electron chi connectivity index (χ2n) is 7.85. The maximum atomic E-state index is 13.7. The molecule has 0 atom stereocenters. The summed E-state index contributed by atoms with van der Waals surface area (Å²) < 4.78 is 64.1. The minimum atomic E-state index is -5.08. The molecule has 0 saturated carbocycles. The molecule has 0 aliphatic carbocycles. The third kappa shape index (κ3) is 9.01. The number of amides is 2. The fourth-order valence-electron chi connectivity index (χ4n) is 3.41. The number of aliphatic carboxylic acids is 1. The number of methoxy groups -OCH3 is 1. The topological polar surface area (TPSA) is 99.2 Å². The summed E-state index contributed by atoms with van der Waals surface area (Å²) in [6.07, 6.45) is -4.94. The second-order valence-corrected chi connectivity index (χ2v) is 7.85. The van der Waals surface area contributed by atoms with E-state index in [4.69, 9.17) is 14.6 Å². The van der Waals surface area contributed by atoms with Crippen LogP contribution >= 0.6 is 0 Å². The highest BCUT2D eigenvalue weighted by atomic mass is 19.4. The number of carboxylic acid groups (broad SMARTS) is 1. The Morgan fingerprint density at radius 1 is 1.05 bits per heavy atom. The van der Waals surface area contributed by atoms with Crippen LogP contribution in [0.15, 0.2) is 42.5 Å². The predicted molar refractivity (Wildman–Crippen MR) is 122 cm³/mol. The van der Waals surface area contributed by atoms with Crippen molar-refractivity contribution in [2.45, 2.75) is 19.1 Å². The first kappa shape index (κ1) is 29.5. The summed E-state index contributed by atoms with van der Waals surface area (Å²) in [5.41, 5.74) is 0.781. The van der Waals surface area contributed by atoms with E-state index in [1.807, 2.05) is 18.2 Å². The zero-order chi connectivity index (χ0) is 27.6. The molecule has 1 saturated heterocycles. The van der Waals surface area contributed by atoms with Crippen LogP contribution in [0.4, 0.5) is 22.0 Å². The van der Waals surface area contributed by atoms with Crippen LogP contribution in [0.2, 0.25) is 0 Å². The van der Waals surface area contributed by atoms with Crippen LogP contribution in [-0.4, -0.2) is 78.7 Å². The van der Waals surface area contributed by atoms with Crippen molar-refractivity contribution >= 4 is 17.8 Å². The first-order valence-corrected chi connectivity index (χ1v) is 11.1. The molecule has 37 heavy (non-hydrogen) atoms. The molecule has 1 fully saturated rings. The lowest BCUT2D eigenvalue weighted by molar-refractivity contribution is -0.192. The van der Waals surface area contributed by atoms with E-state index in [1.165, 1.54) is 18.1 Å². The van der Waals surface area contributed by atoms with Gasteiger partial charge in [-0.2, -0.15) is 13.2 Å². The van der Waals surface area contributed by atoms with Crippen molar-refractivity contribution in [2.24, 2.45) is 0 Å². The minimum Gasteiger partial charge on any atom is -0.496 e. The first-order valence-electron chi connectivity index (χ1n) is 11.1. The molecule has 1 aliphatic heterocycles. The fraction of sp³-hybridized carbons (Fsp3) is 0.375.